The molecule has 3 amide bonds. The number of hydrogen-bond donors (Lipinski definition) is 1. The van der Waals surface area contributed by atoms with Gasteiger partial charge in [0.25, 0.3) is 5.91 Å². The molecule has 1 N–H and O–H groups in total. The number of urea groups is 1. The Morgan fingerprint density at radius 1 is 1.36 bits per heavy atom. The number of piperidine rings is 1. The molecule has 132 valence electrons. The summed E-state index contributed by atoms with van der Waals surface area (Å²) in [6, 6.07) is 5.42. The van der Waals surface area contributed by atoms with Crippen LogP contribution in [0.4, 0.5) is 4.79 Å². The lowest BCUT2D eigenvalue weighted by molar-refractivity contribution is 0.0602. The van der Waals surface area contributed by atoms with Crippen LogP contribution in [0.3, 0.4) is 0 Å². The monoisotopic (exact) mass is 343 g/mol. The summed E-state index contributed by atoms with van der Waals surface area (Å²) < 4.78 is 7.45. The van der Waals surface area contributed by atoms with E-state index in [1.54, 1.807) is 21.8 Å². The fourth-order valence-corrected chi connectivity index (χ4v) is 3.52. The van der Waals surface area contributed by atoms with E-state index in [4.69, 9.17) is 4.42 Å². The van der Waals surface area contributed by atoms with Gasteiger partial charge in [-0.2, -0.15) is 5.10 Å². The van der Waals surface area contributed by atoms with Crippen LogP contribution in [0.1, 0.15) is 29.2 Å². The molecule has 0 aliphatic carbocycles. The quantitative estimate of drug-likeness (QED) is 0.903. The predicted octanol–water partition coefficient (Wildman–Crippen LogP) is 1.15. The maximum atomic E-state index is 12.7. The third-order valence-corrected chi connectivity index (χ3v) is 4.76. The normalized spacial score (nSPS) is 20.8. The number of rotatable bonds is 4. The minimum absolute atomic E-state index is 0.0289. The zero-order valence-electron chi connectivity index (χ0n) is 13.9. The first kappa shape index (κ1) is 15.7. The molecule has 8 nitrogen and oxygen atoms in total. The molecule has 2 saturated heterocycles. The SMILES string of the molecule is O=C(c1ccc(Cn2cccn2)o1)N1CCCC(N2CCNC2=O)C1. The van der Waals surface area contributed by atoms with E-state index in [0.29, 0.717) is 44.2 Å². The third kappa shape index (κ3) is 3.24. The van der Waals surface area contributed by atoms with Gasteiger partial charge in [-0.3, -0.25) is 9.48 Å². The highest BCUT2D eigenvalue weighted by Gasteiger charge is 2.33. The van der Waals surface area contributed by atoms with Gasteiger partial charge in [-0.25, -0.2) is 4.79 Å². The minimum Gasteiger partial charge on any atom is -0.454 e. The van der Waals surface area contributed by atoms with Gasteiger partial charge in [0, 0.05) is 38.6 Å². The Labute approximate surface area is 145 Å². The molecule has 25 heavy (non-hydrogen) atoms. The van der Waals surface area contributed by atoms with E-state index < -0.39 is 0 Å². The Kier molecular flexibility index (Phi) is 4.17. The van der Waals surface area contributed by atoms with Gasteiger partial charge >= 0.3 is 6.03 Å². The Balaban J connectivity index is 1.41. The largest absolute Gasteiger partial charge is 0.454 e. The maximum absolute atomic E-state index is 12.7. The molecule has 0 bridgehead atoms. The number of nitrogens with one attached hydrogen (secondary N) is 1. The van der Waals surface area contributed by atoms with Crippen molar-refractivity contribution in [2.24, 2.45) is 0 Å². The van der Waals surface area contributed by atoms with Gasteiger partial charge in [-0.15, -0.1) is 0 Å². The number of aromatic nitrogens is 2. The second-order valence-electron chi connectivity index (χ2n) is 6.44. The van der Waals surface area contributed by atoms with Crippen LogP contribution in [0.2, 0.25) is 0 Å². The van der Waals surface area contributed by atoms with E-state index in [1.165, 1.54) is 0 Å². The zero-order valence-corrected chi connectivity index (χ0v) is 13.9. The summed E-state index contributed by atoms with van der Waals surface area (Å²) in [6.07, 6.45) is 5.37. The molecule has 2 aromatic rings. The van der Waals surface area contributed by atoms with Crippen LogP contribution in [-0.4, -0.2) is 63.7 Å². The molecule has 2 fully saturated rings. The van der Waals surface area contributed by atoms with Crippen LogP contribution >= 0.6 is 0 Å². The second kappa shape index (κ2) is 6.62. The molecule has 1 atom stereocenters. The number of furan rings is 1. The van der Waals surface area contributed by atoms with Crippen molar-refractivity contribution in [2.45, 2.75) is 25.4 Å². The average molecular weight is 343 g/mol. The van der Waals surface area contributed by atoms with Crippen LogP contribution in [-0.2, 0) is 6.54 Å². The lowest BCUT2D eigenvalue weighted by Gasteiger charge is -2.36. The molecule has 0 aromatic carbocycles. The molecular formula is C17H21N5O3. The van der Waals surface area contributed by atoms with Crippen molar-refractivity contribution in [3.05, 3.63) is 42.1 Å². The summed E-state index contributed by atoms with van der Waals surface area (Å²) in [5.41, 5.74) is 0. The number of hydrogen-bond acceptors (Lipinski definition) is 4. The van der Waals surface area contributed by atoms with Crippen LogP contribution in [0.5, 0.6) is 0 Å². The molecule has 8 heteroatoms. The standard InChI is InChI=1S/C17H21N5O3/c23-16(15-5-4-14(25-15)12-21-9-2-6-19-21)20-8-1-3-13(11-20)22-10-7-18-17(22)24/h2,4-6,9,13H,1,3,7-8,10-12H2,(H,18,24). The lowest BCUT2D eigenvalue weighted by Crippen LogP contribution is -2.50. The molecule has 4 heterocycles. The molecule has 4 rings (SSSR count). The first-order valence-electron chi connectivity index (χ1n) is 8.60. The third-order valence-electron chi connectivity index (χ3n) is 4.76. The van der Waals surface area contributed by atoms with E-state index in [0.717, 1.165) is 12.8 Å². The van der Waals surface area contributed by atoms with E-state index in [-0.39, 0.29) is 18.0 Å². The molecule has 2 aromatic heterocycles. The van der Waals surface area contributed by atoms with Gasteiger partial charge in [0.2, 0.25) is 0 Å². The number of likely N-dealkylation sites (tertiary alicyclic amines) is 1. The maximum Gasteiger partial charge on any atom is 0.317 e. The number of carbonyl (C=O) groups is 2. The minimum atomic E-state index is -0.115. The van der Waals surface area contributed by atoms with Crippen molar-refractivity contribution in [2.75, 3.05) is 26.2 Å². The Morgan fingerprint density at radius 2 is 2.28 bits per heavy atom. The Morgan fingerprint density at radius 3 is 3.04 bits per heavy atom. The van der Waals surface area contributed by atoms with E-state index in [1.807, 2.05) is 23.2 Å². The molecule has 1 unspecified atom stereocenters. The Hall–Kier alpha value is -2.77. The topological polar surface area (TPSA) is 83.6 Å². The van der Waals surface area contributed by atoms with Crippen molar-refractivity contribution >= 4 is 11.9 Å². The highest BCUT2D eigenvalue weighted by Crippen LogP contribution is 2.20. The summed E-state index contributed by atoms with van der Waals surface area (Å²) in [4.78, 5) is 28.2. The van der Waals surface area contributed by atoms with Crippen LogP contribution in [0, 0.1) is 0 Å². The second-order valence-corrected chi connectivity index (χ2v) is 6.44. The van der Waals surface area contributed by atoms with Crippen molar-refractivity contribution in [1.29, 1.82) is 0 Å². The summed E-state index contributed by atoms with van der Waals surface area (Å²) in [6.45, 7) is 3.14. The summed E-state index contributed by atoms with van der Waals surface area (Å²) in [7, 11) is 0. The summed E-state index contributed by atoms with van der Waals surface area (Å²) >= 11 is 0. The molecule has 0 spiro atoms. The van der Waals surface area contributed by atoms with E-state index in [2.05, 4.69) is 10.4 Å². The number of nitrogens with zero attached hydrogens (tertiary/aromatic N) is 4. The first-order chi connectivity index (χ1) is 12.2. The highest BCUT2D eigenvalue weighted by molar-refractivity contribution is 5.91. The van der Waals surface area contributed by atoms with Crippen LogP contribution < -0.4 is 5.32 Å². The fraction of sp³-hybridized carbons (Fsp3) is 0.471. The Bertz CT molecular complexity index is 754. The molecule has 2 aliphatic heterocycles. The van der Waals surface area contributed by atoms with Crippen molar-refractivity contribution < 1.29 is 14.0 Å². The number of amides is 3. The van der Waals surface area contributed by atoms with Crippen molar-refractivity contribution in [1.82, 2.24) is 24.9 Å². The van der Waals surface area contributed by atoms with Gasteiger partial charge in [0.1, 0.15) is 5.76 Å². The molecule has 0 saturated carbocycles. The smallest absolute Gasteiger partial charge is 0.317 e. The predicted molar refractivity (Wildman–Crippen MR) is 89.1 cm³/mol. The molecule has 2 aliphatic rings. The van der Waals surface area contributed by atoms with Gasteiger partial charge in [0.15, 0.2) is 5.76 Å². The van der Waals surface area contributed by atoms with Crippen LogP contribution in [0.15, 0.2) is 35.0 Å². The zero-order chi connectivity index (χ0) is 17.2. The van der Waals surface area contributed by atoms with Crippen molar-refractivity contribution in [3.63, 3.8) is 0 Å². The number of carbonyl (C=O) groups excluding carboxylic acids is 2. The van der Waals surface area contributed by atoms with Gasteiger partial charge in [-0.05, 0) is 31.0 Å². The highest BCUT2D eigenvalue weighted by atomic mass is 16.4. The van der Waals surface area contributed by atoms with E-state index >= 15 is 0 Å². The summed E-state index contributed by atoms with van der Waals surface area (Å²) in [5.74, 6) is 0.921. The lowest BCUT2D eigenvalue weighted by atomic mass is 10.0. The van der Waals surface area contributed by atoms with Crippen LogP contribution in [0.25, 0.3) is 0 Å². The van der Waals surface area contributed by atoms with Crippen molar-refractivity contribution in [3.8, 4) is 0 Å². The van der Waals surface area contributed by atoms with Gasteiger partial charge in [-0.1, -0.05) is 0 Å². The van der Waals surface area contributed by atoms with E-state index in [9.17, 15) is 9.59 Å². The summed E-state index contributed by atoms with van der Waals surface area (Å²) in [5, 5.41) is 6.96. The molecule has 0 radical (unpaired) electrons. The first-order valence-corrected chi connectivity index (χ1v) is 8.60. The van der Waals surface area contributed by atoms with Gasteiger partial charge in [0.05, 0.1) is 12.6 Å². The fourth-order valence-electron chi connectivity index (χ4n) is 3.52. The van der Waals surface area contributed by atoms with Gasteiger partial charge < -0.3 is 19.5 Å². The average Bonchev–Trinajstić information content (AvgIpc) is 3.37. The molecular weight excluding hydrogens is 322 g/mol.